The van der Waals surface area contributed by atoms with Crippen molar-refractivity contribution in [3.05, 3.63) is 53.9 Å². The van der Waals surface area contributed by atoms with E-state index in [0.29, 0.717) is 0 Å². The number of aryl methyl sites for hydroxylation is 2. The van der Waals surface area contributed by atoms with Crippen LogP contribution < -0.4 is 5.19 Å². The normalized spacial score (nSPS) is 11.1. The first-order valence-corrected chi connectivity index (χ1v) is 7.74. The standard InChI is InChI=1S/C12H15ClSi/c1-5-14(13,6-2)12-8-7-10(3)9-11(12)4/h5-9H,1-2H2,3-4H3. The van der Waals surface area contributed by atoms with Gasteiger partial charge in [-0.05, 0) is 24.6 Å². The summed E-state index contributed by atoms with van der Waals surface area (Å²) in [5.74, 6) is 0. The van der Waals surface area contributed by atoms with Gasteiger partial charge < -0.3 is 0 Å². The second kappa shape index (κ2) is 4.16. The molecule has 0 aliphatic heterocycles. The Kier molecular flexibility index (Phi) is 3.35. The van der Waals surface area contributed by atoms with E-state index in [4.69, 9.17) is 11.1 Å². The molecule has 0 saturated heterocycles. The molecular weight excluding hydrogens is 208 g/mol. The van der Waals surface area contributed by atoms with Crippen molar-refractivity contribution < 1.29 is 0 Å². The fourth-order valence-electron chi connectivity index (χ4n) is 1.55. The van der Waals surface area contributed by atoms with E-state index in [-0.39, 0.29) is 0 Å². The smallest absolute Gasteiger partial charge is 0.150 e. The number of benzene rings is 1. The highest BCUT2D eigenvalue weighted by Crippen LogP contribution is 2.15. The lowest BCUT2D eigenvalue weighted by Crippen LogP contribution is -2.40. The van der Waals surface area contributed by atoms with Gasteiger partial charge >= 0.3 is 0 Å². The van der Waals surface area contributed by atoms with Crippen LogP contribution in [-0.2, 0) is 0 Å². The van der Waals surface area contributed by atoms with Crippen LogP contribution in [0.5, 0.6) is 0 Å². The Bertz CT molecular complexity index is 361. The third kappa shape index (κ3) is 1.99. The molecule has 0 aliphatic rings. The van der Waals surface area contributed by atoms with Crippen LogP contribution in [0.25, 0.3) is 0 Å². The Labute approximate surface area is 91.6 Å². The second-order valence-corrected chi connectivity index (χ2v) is 8.26. The molecule has 1 aromatic carbocycles. The Hall–Kier alpha value is -0.793. The molecule has 0 amide bonds. The molecule has 0 fully saturated rings. The Morgan fingerprint density at radius 1 is 1.21 bits per heavy atom. The highest BCUT2D eigenvalue weighted by molar-refractivity contribution is 7.32. The van der Waals surface area contributed by atoms with Gasteiger partial charge in [0.25, 0.3) is 0 Å². The van der Waals surface area contributed by atoms with Gasteiger partial charge in [0.2, 0.25) is 7.38 Å². The van der Waals surface area contributed by atoms with E-state index < -0.39 is 7.38 Å². The average molecular weight is 223 g/mol. The fourth-order valence-corrected chi connectivity index (χ4v) is 3.80. The van der Waals surface area contributed by atoms with Crippen LogP contribution in [0.2, 0.25) is 0 Å². The zero-order chi connectivity index (χ0) is 10.8. The van der Waals surface area contributed by atoms with Gasteiger partial charge in [-0.3, -0.25) is 0 Å². The molecule has 0 nitrogen and oxygen atoms in total. The zero-order valence-electron chi connectivity index (χ0n) is 8.68. The summed E-state index contributed by atoms with van der Waals surface area (Å²) < 4.78 is 0. The van der Waals surface area contributed by atoms with Gasteiger partial charge in [0, 0.05) is 0 Å². The molecule has 14 heavy (non-hydrogen) atoms. The summed E-state index contributed by atoms with van der Waals surface area (Å²) in [6.07, 6.45) is 0. The first-order chi connectivity index (χ1) is 6.53. The first kappa shape index (κ1) is 11.3. The maximum atomic E-state index is 6.49. The lowest BCUT2D eigenvalue weighted by Gasteiger charge is -2.18. The highest BCUT2D eigenvalue weighted by atomic mass is 35.6. The summed E-state index contributed by atoms with van der Waals surface area (Å²) in [4.78, 5) is 0. The van der Waals surface area contributed by atoms with Crippen molar-refractivity contribution >= 4 is 23.6 Å². The predicted octanol–water partition coefficient (Wildman–Crippen LogP) is 3.15. The van der Waals surface area contributed by atoms with Gasteiger partial charge in [-0.25, -0.2) is 0 Å². The monoisotopic (exact) mass is 222 g/mol. The molecule has 0 N–H and O–H groups in total. The van der Waals surface area contributed by atoms with E-state index >= 15 is 0 Å². The maximum Gasteiger partial charge on any atom is 0.232 e. The molecule has 0 unspecified atom stereocenters. The SMILES string of the molecule is C=C[Si](Cl)(C=C)c1ccc(C)cc1C. The molecule has 0 atom stereocenters. The lowest BCUT2D eigenvalue weighted by molar-refractivity contribution is 1.41. The van der Waals surface area contributed by atoms with Crippen molar-refractivity contribution in [2.24, 2.45) is 0 Å². The van der Waals surface area contributed by atoms with Gasteiger partial charge in [-0.2, -0.15) is 0 Å². The van der Waals surface area contributed by atoms with Crippen molar-refractivity contribution in [3.8, 4) is 0 Å². The lowest BCUT2D eigenvalue weighted by atomic mass is 10.2. The predicted molar refractivity (Wildman–Crippen MR) is 67.6 cm³/mol. The molecule has 0 bridgehead atoms. The summed E-state index contributed by atoms with van der Waals surface area (Å²) in [6.45, 7) is 11.8. The first-order valence-electron chi connectivity index (χ1n) is 4.57. The minimum Gasteiger partial charge on any atom is -0.150 e. The largest absolute Gasteiger partial charge is 0.232 e. The van der Waals surface area contributed by atoms with Crippen molar-refractivity contribution in [1.82, 2.24) is 0 Å². The van der Waals surface area contributed by atoms with Gasteiger partial charge in [0.15, 0.2) is 0 Å². The molecule has 0 saturated carbocycles. The Morgan fingerprint density at radius 3 is 2.21 bits per heavy atom. The summed E-state index contributed by atoms with van der Waals surface area (Å²) in [5.41, 5.74) is 6.18. The zero-order valence-corrected chi connectivity index (χ0v) is 10.4. The van der Waals surface area contributed by atoms with Gasteiger partial charge in [0.1, 0.15) is 0 Å². The van der Waals surface area contributed by atoms with Gasteiger partial charge in [0.05, 0.1) is 0 Å². The van der Waals surface area contributed by atoms with Crippen molar-refractivity contribution in [2.45, 2.75) is 13.8 Å². The van der Waals surface area contributed by atoms with Crippen LogP contribution in [-0.4, -0.2) is 7.38 Å². The van der Waals surface area contributed by atoms with E-state index in [2.05, 4.69) is 45.2 Å². The fraction of sp³-hybridized carbons (Fsp3) is 0.167. The van der Waals surface area contributed by atoms with Crippen molar-refractivity contribution in [2.75, 3.05) is 0 Å². The van der Waals surface area contributed by atoms with Crippen molar-refractivity contribution in [1.29, 1.82) is 0 Å². The van der Waals surface area contributed by atoms with Crippen LogP contribution in [0, 0.1) is 13.8 Å². The minimum atomic E-state index is -2.14. The van der Waals surface area contributed by atoms with Crippen LogP contribution in [0.15, 0.2) is 42.8 Å². The number of hydrogen-bond donors (Lipinski definition) is 0. The van der Waals surface area contributed by atoms with E-state index in [0.717, 1.165) is 0 Å². The Morgan fingerprint density at radius 2 is 1.79 bits per heavy atom. The van der Waals surface area contributed by atoms with E-state index in [9.17, 15) is 0 Å². The molecular formula is C12H15ClSi. The summed E-state index contributed by atoms with van der Waals surface area (Å²) in [5, 5.41) is 1.19. The summed E-state index contributed by atoms with van der Waals surface area (Å²) >= 11 is 6.49. The summed E-state index contributed by atoms with van der Waals surface area (Å²) in [7, 11) is -2.14. The van der Waals surface area contributed by atoms with Crippen LogP contribution in [0.1, 0.15) is 11.1 Å². The van der Waals surface area contributed by atoms with E-state index in [1.54, 1.807) is 0 Å². The average Bonchev–Trinajstić information content (AvgIpc) is 2.17. The third-order valence-electron chi connectivity index (χ3n) is 2.39. The van der Waals surface area contributed by atoms with E-state index in [1.165, 1.54) is 16.3 Å². The molecule has 1 aromatic rings. The highest BCUT2D eigenvalue weighted by Gasteiger charge is 2.27. The molecule has 74 valence electrons. The van der Waals surface area contributed by atoms with Gasteiger partial charge in [-0.15, -0.1) is 24.2 Å². The van der Waals surface area contributed by atoms with Crippen LogP contribution in [0.3, 0.4) is 0 Å². The molecule has 0 aliphatic carbocycles. The third-order valence-corrected chi connectivity index (χ3v) is 6.50. The Balaban J connectivity index is 3.31. The van der Waals surface area contributed by atoms with Crippen LogP contribution in [0.4, 0.5) is 0 Å². The number of rotatable bonds is 3. The van der Waals surface area contributed by atoms with Crippen molar-refractivity contribution in [3.63, 3.8) is 0 Å². The second-order valence-electron chi connectivity index (χ2n) is 3.49. The molecule has 2 heteroatoms. The molecule has 0 spiro atoms. The topological polar surface area (TPSA) is 0 Å². The maximum absolute atomic E-state index is 6.49. The molecule has 1 rings (SSSR count). The van der Waals surface area contributed by atoms with Crippen LogP contribution >= 0.6 is 11.1 Å². The van der Waals surface area contributed by atoms with Gasteiger partial charge in [-0.1, -0.05) is 35.2 Å². The number of halogens is 1. The minimum absolute atomic E-state index is 1.19. The van der Waals surface area contributed by atoms with E-state index in [1.807, 2.05) is 11.4 Å². The quantitative estimate of drug-likeness (QED) is 0.545. The number of hydrogen-bond acceptors (Lipinski definition) is 0. The molecule has 0 radical (unpaired) electrons. The summed E-state index contributed by atoms with van der Waals surface area (Å²) in [6, 6.07) is 6.32. The molecule has 0 heterocycles. The molecule has 0 aromatic heterocycles.